The highest BCUT2D eigenvalue weighted by Gasteiger charge is 2.33. The fourth-order valence-corrected chi connectivity index (χ4v) is 1.71. The monoisotopic (exact) mass is 277 g/mol. The van der Waals surface area contributed by atoms with E-state index in [4.69, 9.17) is 5.26 Å². The molecule has 0 spiro atoms. The van der Waals surface area contributed by atoms with Gasteiger partial charge in [-0.15, -0.1) is 0 Å². The fraction of sp³-hybridized carbons (Fsp3) is 0.143. The lowest BCUT2D eigenvalue weighted by molar-refractivity contribution is -0.137. The predicted molar refractivity (Wildman–Crippen MR) is 68.4 cm³/mol. The quantitative estimate of drug-likeness (QED) is 0.901. The fourth-order valence-electron chi connectivity index (χ4n) is 1.71. The Balaban J connectivity index is 2.37. The van der Waals surface area contributed by atoms with Gasteiger partial charge >= 0.3 is 6.18 Å². The Labute approximate surface area is 113 Å². The third kappa shape index (κ3) is 2.88. The number of nitriles is 1. The maximum atomic E-state index is 12.7. The van der Waals surface area contributed by atoms with Crippen LogP contribution in [0.2, 0.25) is 0 Å². The van der Waals surface area contributed by atoms with Crippen molar-refractivity contribution in [3.8, 4) is 6.07 Å². The number of hydrogen-bond acceptors (Lipinski definition) is 3. The summed E-state index contributed by atoms with van der Waals surface area (Å²) < 4.78 is 38.0. The molecule has 102 valence electrons. The molecular weight excluding hydrogens is 267 g/mol. The number of pyridine rings is 1. The van der Waals surface area contributed by atoms with Crippen molar-refractivity contribution in [1.29, 1.82) is 5.26 Å². The lowest BCUT2D eigenvalue weighted by atomic mass is 10.1. The molecule has 0 saturated heterocycles. The zero-order valence-corrected chi connectivity index (χ0v) is 10.5. The summed E-state index contributed by atoms with van der Waals surface area (Å²) in [5.41, 5.74) is 0.637. The highest BCUT2D eigenvalue weighted by molar-refractivity contribution is 5.64. The Morgan fingerprint density at radius 3 is 2.60 bits per heavy atom. The number of benzene rings is 1. The van der Waals surface area contributed by atoms with Gasteiger partial charge in [0.1, 0.15) is 0 Å². The van der Waals surface area contributed by atoms with E-state index in [2.05, 4.69) is 10.3 Å². The van der Waals surface area contributed by atoms with E-state index < -0.39 is 17.3 Å². The molecule has 0 aliphatic heterocycles. The smallest absolute Gasteiger partial charge is 0.354 e. The number of alkyl halides is 3. The van der Waals surface area contributed by atoms with E-state index in [0.29, 0.717) is 11.4 Å². The molecule has 0 saturated carbocycles. The first-order valence-electron chi connectivity index (χ1n) is 5.71. The van der Waals surface area contributed by atoms with Gasteiger partial charge < -0.3 is 5.32 Å². The van der Waals surface area contributed by atoms with Crippen molar-refractivity contribution in [3.05, 3.63) is 53.3 Å². The summed E-state index contributed by atoms with van der Waals surface area (Å²) in [6.45, 7) is 1.85. The molecule has 0 radical (unpaired) electrons. The summed E-state index contributed by atoms with van der Waals surface area (Å²) >= 11 is 0. The van der Waals surface area contributed by atoms with Crippen molar-refractivity contribution in [2.75, 3.05) is 5.32 Å². The molecule has 6 heteroatoms. The van der Waals surface area contributed by atoms with Gasteiger partial charge in [0, 0.05) is 11.9 Å². The highest BCUT2D eigenvalue weighted by Crippen LogP contribution is 2.33. The number of aromatic nitrogens is 1. The standard InChI is InChI=1S/C14H10F3N3/c1-9-4-5-19-8-13(9)20-11-2-3-12(14(15,16)17)10(6-11)7-18/h2-6,8,20H,1H3. The number of anilines is 2. The van der Waals surface area contributed by atoms with Gasteiger partial charge in [0.05, 0.1) is 29.1 Å². The van der Waals surface area contributed by atoms with Gasteiger partial charge in [-0.05, 0) is 36.8 Å². The van der Waals surface area contributed by atoms with E-state index in [1.807, 2.05) is 6.92 Å². The maximum Gasteiger partial charge on any atom is 0.417 e. The second-order valence-corrected chi connectivity index (χ2v) is 4.19. The topological polar surface area (TPSA) is 48.7 Å². The molecule has 0 aliphatic rings. The van der Waals surface area contributed by atoms with Crippen molar-refractivity contribution in [2.45, 2.75) is 13.1 Å². The summed E-state index contributed by atoms with van der Waals surface area (Å²) in [5, 5.41) is 11.8. The van der Waals surface area contributed by atoms with Crippen LogP contribution in [0.4, 0.5) is 24.5 Å². The molecule has 1 N–H and O–H groups in total. The van der Waals surface area contributed by atoms with Gasteiger partial charge in [-0.25, -0.2) is 0 Å². The first kappa shape index (κ1) is 13.9. The Bertz CT molecular complexity index is 672. The molecular formula is C14H10F3N3. The molecule has 1 aromatic heterocycles. The third-order valence-corrected chi connectivity index (χ3v) is 2.76. The Kier molecular flexibility index (Phi) is 3.61. The van der Waals surface area contributed by atoms with Crippen molar-refractivity contribution < 1.29 is 13.2 Å². The molecule has 0 bridgehead atoms. The largest absolute Gasteiger partial charge is 0.417 e. The van der Waals surface area contributed by atoms with Crippen LogP contribution in [0.5, 0.6) is 0 Å². The summed E-state index contributed by atoms with van der Waals surface area (Å²) in [4.78, 5) is 3.93. The van der Waals surface area contributed by atoms with Crippen LogP contribution < -0.4 is 5.32 Å². The minimum Gasteiger partial charge on any atom is -0.354 e. The lowest BCUT2D eigenvalue weighted by Crippen LogP contribution is -2.08. The molecule has 0 unspecified atom stereocenters. The van der Waals surface area contributed by atoms with Crippen LogP contribution in [-0.4, -0.2) is 4.98 Å². The lowest BCUT2D eigenvalue weighted by Gasteiger charge is -2.12. The van der Waals surface area contributed by atoms with Crippen LogP contribution in [0.3, 0.4) is 0 Å². The number of nitrogens with one attached hydrogen (secondary N) is 1. The number of nitrogens with zero attached hydrogens (tertiary/aromatic N) is 2. The van der Waals surface area contributed by atoms with Crippen LogP contribution in [0.15, 0.2) is 36.7 Å². The Morgan fingerprint density at radius 1 is 1.25 bits per heavy atom. The first-order valence-corrected chi connectivity index (χ1v) is 5.71. The molecule has 0 fully saturated rings. The second kappa shape index (κ2) is 5.21. The first-order chi connectivity index (χ1) is 9.41. The zero-order valence-electron chi connectivity index (χ0n) is 10.5. The van der Waals surface area contributed by atoms with Crippen molar-refractivity contribution in [2.24, 2.45) is 0 Å². The zero-order chi connectivity index (χ0) is 14.8. The van der Waals surface area contributed by atoms with Crippen LogP contribution in [-0.2, 0) is 6.18 Å². The maximum absolute atomic E-state index is 12.7. The van der Waals surface area contributed by atoms with Crippen molar-refractivity contribution >= 4 is 11.4 Å². The Morgan fingerprint density at radius 2 is 2.00 bits per heavy atom. The average Bonchev–Trinajstić information content (AvgIpc) is 2.40. The Hall–Kier alpha value is -2.55. The number of rotatable bonds is 2. The molecule has 1 aromatic carbocycles. The van der Waals surface area contributed by atoms with Crippen molar-refractivity contribution in [1.82, 2.24) is 4.98 Å². The highest BCUT2D eigenvalue weighted by atomic mass is 19.4. The molecule has 2 aromatic rings. The normalized spacial score (nSPS) is 10.9. The van der Waals surface area contributed by atoms with E-state index in [0.717, 1.165) is 11.6 Å². The molecule has 0 amide bonds. The minimum absolute atomic E-state index is 0.408. The summed E-state index contributed by atoms with van der Waals surface area (Å²) in [7, 11) is 0. The van der Waals surface area contributed by atoms with Gasteiger partial charge in [0.2, 0.25) is 0 Å². The van der Waals surface area contributed by atoms with Gasteiger partial charge in [0.15, 0.2) is 0 Å². The third-order valence-electron chi connectivity index (χ3n) is 2.76. The molecule has 1 heterocycles. The average molecular weight is 277 g/mol. The van der Waals surface area contributed by atoms with Gasteiger partial charge in [0.25, 0.3) is 0 Å². The number of aryl methyl sites for hydroxylation is 1. The van der Waals surface area contributed by atoms with Crippen LogP contribution >= 0.6 is 0 Å². The summed E-state index contributed by atoms with van der Waals surface area (Å²) in [6, 6.07) is 6.70. The van der Waals surface area contributed by atoms with E-state index >= 15 is 0 Å². The van der Waals surface area contributed by atoms with Gasteiger partial charge in [-0.1, -0.05) is 0 Å². The number of halogens is 3. The predicted octanol–water partition coefficient (Wildman–Crippen LogP) is 4.02. The summed E-state index contributed by atoms with van der Waals surface area (Å²) in [6.07, 6.45) is -1.35. The van der Waals surface area contributed by atoms with Gasteiger partial charge in [-0.3, -0.25) is 4.98 Å². The van der Waals surface area contributed by atoms with Gasteiger partial charge in [-0.2, -0.15) is 18.4 Å². The summed E-state index contributed by atoms with van der Waals surface area (Å²) in [5.74, 6) is 0. The molecule has 2 rings (SSSR count). The van der Waals surface area contributed by atoms with Crippen LogP contribution in [0.1, 0.15) is 16.7 Å². The van der Waals surface area contributed by atoms with Crippen LogP contribution in [0, 0.1) is 18.3 Å². The second-order valence-electron chi connectivity index (χ2n) is 4.19. The molecule has 20 heavy (non-hydrogen) atoms. The van der Waals surface area contributed by atoms with E-state index in [-0.39, 0.29) is 0 Å². The minimum atomic E-state index is -4.53. The SMILES string of the molecule is Cc1ccncc1Nc1ccc(C(F)(F)F)c(C#N)c1. The molecule has 3 nitrogen and oxygen atoms in total. The van der Waals surface area contributed by atoms with E-state index in [1.165, 1.54) is 12.1 Å². The van der Waals surface area contributed by atoms with Crippen LogP contribution in [0.25, 0.3) is 0 Å². The molecule has 0 atom stereocenters. The number of hydrogen-bond donors (Lipinski definition) is 1. The van der Waals surface area contributed by atoms with E-state index in [9.17, 15) is 13.2 Å². The molecule has 0 aliphatic carbocycles. The van der Waals surface area contributed by atoms with Crippen molar-refractivity contribution in [3.63, 3.8) is 0 Å². The van der Waals surface area contributed by atoms with E-state index in [1.54, 1.807) is 24.5 Å².